The van der Waals surface area contributed by atoms with Crippen LogP contribution in [0.15, 0.2) is 182 Å². The van der Waals surface area contributed by atoms with Gasteiger partial charge in [-0.15, -0.1) is 0 Å². The third kappa shape index (κ3) is 47.0. The minimum Gasteiger partial charge on any atom is -0.508 e. The largest absolute Gasteiger partial charge is 0.508 e. The molecule has 2 N–H and O–H groups in total. The number of rotatable bonds is 4. The van der Waals surface area contributed by atoms with Gasteiger partial charge in [-0.3, -0.25) is 0 Å². The Balaban J connectivity index is -0.000000182. The first-order chi connectivity index (χ1) is 27.9. The van der Waals surface area contributed by atoms with Crippen molar-refractivity contribution in [1.82, 2.24) is 0 Å². The van der Waals surface area contributed by atoms with Crippen molar-refractivity contribution in [1.29, 1.82) is 0 Å². The highest BCUT2D eigenvalue weighted by Gasteiger charge is 1.89. The van der Waals surface area contributed by atoms with Crippen LogP contribution in [0.4, 0.5) is 0 Å². The molecule has 0 heterocycles. The summed E-state index contributed by atoms with van der Waals surface area (Å²) in [5.41, 5.74) is 5.71. The minimum absolute atomic E-state index is 0.322. The second-order valence-electron chi connectivity index (χ2n) is 10.7. The first kappa shape index (κ1) is 61.1. The third-order valence-electron chi connectivity index (χ3n) is 6.52. The van der Waals surface area contributed by atoms with E-state index in [1.165, 1.54) is 28.7 Å². The molecule has 0 radical (unpaired) electrons. The maximum Gasteiger partial charge on any atom is 0.115 e. The van der Waals surface area contributed by atoms with E-state index in [1.54, 1.807) is 48.5 Å². The summed E-state index contributed by atoms with van der Waals surface area (Å²) in [5, 5.41) is 17.3. The average Bonchev–Trinajstić information content (AvgIpc) is 3.32. The van der Waals surface area contributed by atoms with Crippen molar-refractivity contribution >= 4 is 0 Å². The van der Waals surface area contributed by atoms with Crippen LogP contribution in [-0.4, -0.2) is 10.2 Å². The molecule has 0 unspecified atom stereocenters. The first-order valence-electron chi connectivity index (χ1n) is 21.6. The van der Waals surface area contributed by atoms with E-state index in [1.807, 2.05) is 140 Å². The molecule has 0 aliphatic carbocycles. The Morgan fingerprint density at radius 2 is 0.368 bits per heavy atom. The van der Waals surface area contributed by atoms with Gasteiger partial charge < -0.3 is 10.2 Å². The highest BCUT2D eigenvalue weighted by atomic mass is 16.3. The van der Waals surface area contributed by atoms with Crippen LogP contribution in [0.25, 0.3) is 0 Å². The number of aryl methyl sites for hydroxylation is 4. The highest BCUT2D eigenvalue weighted by Crippen LogP contribution is 2.06. The molecule has 0 aliphatic heterocycles. The third-order valence-corrected chi connectivity index (χ3v) is 6.52. The van der Waals surface area contributed by atoms with Crippen LogP contribution >= 0.6 is 0 Å². The standard InChI is InChI=1S/2C10H14.2C6H6O.2C6H6.C3H8.4C2H6/c2*1-3-9-5-7-10(4-2)8-6-9;2*7-6-4-2-1-3-5-6;2*1-2-4-6-5-3-1;1-3-2;4*1-2/h2*5-8H,3-4H2,1-2H3;2*1-5,7H;2*1-6H;3H2,1-2H3;4*1-2H3. The lowest BCUT2D eigenvalue weighted by Crippen LogP contribution is -1.81. The number of aromatic hydroxyl groups is 2. The van der Waals surface area contributed by atoms with Gasteiger partial charge in [0.25, 0.3) is 0 Å². The normalized spacial score (nSPS) is 7.96. The van der Waals surface area contributed by atoms with Crippen LogP contribution in [0.2, 0.25) is 0 Å². The van der Waals surface area contributed by atoms with Gasteiger partial charge in [0, 0.05) is 0 Å². The summed E-state index contributed by atoms with van der Waals surface area (Å²) in [6, 6.07) is 59.1. The summed E-state index contributed by atoms with van der Waals surface area (Å²) in [7, 11) is 0. The summed E-state index contributed by atoms with van der Waals surface area (Å²) < 4.78 is 0. The van der Waals surface area contributed by atoms with Crippen molar-refractivity contribution in [3.63, 3.8) is 0 Å². The van der Waals surface area contributed by atoms with Gasteiger partial charge in [-0.05, 0) is 72.2 Å². The molecule has 0 bridgehead atoms. The van der Waals surface area contributed by atoms with Gasteiger partial charge in [0.05, 0.1) is 0 Å². The number of hydrogen-bond acceptors (Lipinski definition) is 2. The Labute approximate surface area is 353 Å². The zero-order chi connectivity index (χ0) is 44.2. The van der Waals surface area contributed by atoms with E-state index in [0.717, 1.165) is 25.7 Å². The molecule has 57 heavy (non-hydrogen) atoms. The lowest BCUT2D eigenvalue weighted by Gasteiger charge is -1.97. The minimum atomic E-state index is 0.322. The Kier molecular flexibility index (Phi) is 59.3. The van der Waals surface area contributed by atoms with Gasteiger partial charge in [0.2, 0.25) is 0 Å². The maximum absolute atomic E-state index is 8.63. The summed E-state index contributed by atoms with van der Waals surface area (Å²) in [6.45, 7) is 29.0. The van der Waals surface area contributed by atoms with Gasteiger partial charge in [-0.2, -0.15) is 0 Å². The van der Waals surface area contributed by atoms with Crippen molar-refractivity contribution < 1.29 is 10.2 Å². The summed E-state index contributed by atoms with van der Waals surface area (Å²) in [4.78, 5) is 0. The van der Waals surface area contributed by atoms with Gasteiger partial charge >= 0.3 is 0 Å². The second kappa shape index (κ2) is 55.3. The molecule has 0 aromatic heterocycles. The number of benzene rings is 6. The van der Waals surface area contributed by atoms with Crippen LogP contribution < -0.4 is 0 Å². The highest BCUT2D eigenvalue weighted by molar-refractivity contribution is 5.23. The Morgan fingerprint density at radius 3 is 0.456 bits per heavy atom. The van der Waals surface area contributed by atoms with E-state index < -0.39 is 0 Å². The quantitative estimate of drug-likeness (QED) is 0.187. The first-order valence-corrected chi connectivity index (χ1v) is 21.6. The molecule has 0 spiro atoms. The van der Waals surface area contributed by atoms with Crippen molar-refractivity contribution in [2.75, 3.05) is 0 Å². The van der Waals surface area contributed by atoms with Gasteiger partial charge in [-0.1, -0.05) is 261 Å². The number of phenols is 2. The Bertz CT molecular complexity index is 1240. The molecule has 2 nitrogen and oxygen atoms in total. The van der Waals surface area contributed by atoms with E-state index in [2.05, 4.69) is 90.1 Å². The number of para-hydroxylation sites is 2. The van der Waals surface area contributed by atoms with Crippen LogP contribution in [-0.2, 0) is 25.7 Å². The van der Waals surface area contributed by atoms with Crippen LogP contribution in [0.5, 0.6) is 11.5 Å². The van der Waals surface area contributed by atoms with Gasteiger partial charge in [0.1, 0.15) is 11.5 Å². The molecule has 0 fully saturated rings. The number of hydrogen-bond donors (Lipinski definition) is 2. The van der Waals surface area contributed by atoms with Crippen LogP contribution in [0.1, 0.15) is 126 Å². The van der Waals surface area contributed by atoms with Gasteiger partial charge in [0.15, 0.2) is 0 Å². The van der Waals surface area contributed by atoms with Crippen LogP contribution in [0.3, 0.4) is 0 Å². The zero-order valence-electron chi connectivity index (χ0n) is 38.8. The molecule has 0 saturated heterocycles. The maximum atomic E-state index is 8.63. The van der Waals surface area contributed by atoms with E-state index in [4.69, 9.17) is 10.2 Å². The molecule has 0 amide bonds. The van der Waals surface area contributed by atoms with Crippen molar-refractivity contribution in [3.8, 4) is 11.5 Å². The average molecular weight is 777 g/mol. The molecule has 0 aliphatic rings. The van der Waals surface area contributed by atoms with Crippen molar-refractivity contribution in [2.45, 2.75) is 129 Å². The SMILES string of the molecule is CC.CC.CC.CC.CCC.CCc1ccc(CC)cc1.CCc1ccc(CC)cc1.Oc1ccccc1.Oc1ccccc1.c1ccccc1.c1ccccc1. The smallest absolute Gasteiger partial charge is 0.115 e. The van der Waals surface area contributed by atoms with Crippen molar-refractivity contribution in [3.05, 3.63) is 204 Å². The molecule has 316 valence electrons. The van der Waals surface area contributed by atoms with E-state index in [0.29, 0.717) is 11.5 Å². The summed E-state index contributed by atoms with van der Waals surface area (Å²) >= 11 is 0. The molecule has 0 saturated carbocycles. The predicted octanol–water partition coefficient (Wildman–Crippen LogP) is 17.3. The van der Waals surface area contributed by atoms with Crippen molar-refractivity contribution in [2.24, 2.45) is 0 Å². The fraction of sp³-hybridized carbons (Fsp3) is 0.345. The molecule has 6 rings (SSSR count). The fourth-order valence-electron chi connectivity index (χ4n) is 3.65. The zero-order valence-corrected chi connectivity index (χ0v) is 38.8. The monoisotopic (exact) mass is 777 g/mol. The van der Waals surface area contributed by atoms with Crippen LogP contribution in [0, 0.1) is 0 Å². The Morgan fingerprint density at radius 1 is 0.246 bits per heavy atom. The molecule has 6 aromatic carbocycles. The lowest BCUT2D eigenvalue weighted by molar-refractivity contribution is 0.475. The second-order valence-corrected chi connectivity index (χ2v) is 10.7. The lowest BCUT2D eigenvalue weighted by atomic mass is 10.1. The summed E-state index contributed by atoms with van der Waals surface area (Å²) in [6.07, 6.45) is 5.82. The number of phenolic OH excluding ortho intramolecular Hbond substituents is 2. The fourth-order valence-corrected chi connectivity index (χ4v) is 3.65. The summed E-state index contributed by atoms with van der Waals surface area (Å²) in [5.74, 6) is 0.644. The molecular formula is C55H84O2. The molecular weight excluding hydrogens is 693 g/mol. The molecule has 6 aromatic rings. The topological polar surface area (TPSA) is 40.5 Å². The van der Waals surface area contributed by atoms with E-state index >= 15 is 0 Å². The molecule has 0 atom stereocenters. The molecule has 2 heteroatoms. The predicted molar refractivity (Wildman–Crippen MR) is 261 cm³/mol. The van der Waals surface area contributed by atoms with Gasteiger partial charge in [-0.25, -0.2) is 0 Å². The van der Waals surface area contributed by atoms with E-state index in [-0.39, 0.29) is 0 Å². The van der Waals surface area contributed by atoms with E-state index in [9.17, 15) is 0 Å². The Hall–Kier alpha value is -5.08.